The fraction of sp³-hybridized carbons (Fsp3) is 0.417. The third kappa shape index (κ3) is 4.00. The Balaban J connectivity index is 1.88. The van der Waals surface area contributed by atoms with Crippen molar-refractivity contribution in [1.29, 1.82) is 0 Å². The number of halogens is 1. The molecule has 1 atom stereocenters. The number of aliphatic carboxylic acids is 1. The molecule has 0 unspecified atom stereocenters. The molecular weight excluding hydrogens is 314 g/mol. The summed E-state index contributed by atoms with van der Waals surface area (Å²) < 4.78 is 0.911. The van der Waals surface area contributed by atoms with E-state index in [4.69, 9.17) is 9.94 Å². The van der Waals surface area contributed by atoms with Gasteiger partial charge in [-0.1, -0.05) is 5.16 Å². The number of likely N-dealkylation sites (N-methyl/N-ethyl adjacent to an activating group) is 1. The van der Waals surface area contributed by atoms with Crippen LogP contribution >= 0.6 is 15.9 Å². The fourth-order valence-corrected chi connectivity index (χ4v) is 2.10. The second-order valence-corrected chi connectivity index (χ2v) is 5.34. The van der Waals surface area contributed by atoms with Crippen LogP contribution in [0, 0.1) is 0 Å². The SMILES string of the molecule is CN(CC(=O)O)C[C@@H]1CC(c2ccc(Br)cn2)=NO1. The number of carbonyl (C=O) groups is 1. The van der Waals surface area contributed by atoms with Gasteiger partial charge in [-0.3, -0.25) is 14.7 Å². The number of nitrogens with zero attached hydrogens (tertiary/aromatic N) is 3. The summed E-state index contributed by atoms with van der Waals surface area (Å²) >= 11 is 3.33. The molecule has 0 aliphatic carbocycles. The first-order chi connectivity index (χ1) is 9.04. The summed E-state index contributed by atoms with van der Waals surface area (Å²) in [6.45, 7) is 0.515. The van der Waals surface area contributed by atoms with Gasteiger partial charge in [0.2, 0.25) is 0 Å². The van der Waals surface area contributed by atoms with Gasteiger partial charge in [-0.15, -0.1) is 0 Å². The van der Waals surface area contributed by atoms with Crippen LogP contribution in [0.5, 0.6) is 0 Å². The number of aromatic nitrogens is 1. The average molecular weight is 328 g/mol. The zero-order chi connectivity index (χ0) is 13.8. The maximum Gasteiger partial charge on any atom is 0.317 e. The highest BCUT2D eigenvalue weighted by Crippen LogP contribution is 2.17. The minimum atomic E-state index is -0.851. The molecule has 7 heteroatoms. The van der Waals surface area contributed by atoms with E-state index in [9.17, 15) is 4.79 Å². The minimum absolute atomic E-state index is 0.00821. The molecule has 0 saturated heterocycles. The van der Waals surface area contributed by atoms with Crippen LogP contribution in [0.25, 0.3) is 0 Å². The van der Waals surface area contributed by atoms with Crippen LogP contribution in [0.2, 0.25) is 0 Å². The van der Waals surface area contributed by atoms with E-state index in [1.54, 1.807) is 18.1 Å². The molecule has 0 aromatic carbocycles. The number of rotatable bonds is 5. The lowest BCUT2D eigenvalue weighted by Crippen LogP contribution is -2.33. The molecule has 0 fully saturated rings. The van der Waals surface area contributed by atoms with E-state index in [2.05, 4.69) is 26.1 Å². The zero-order valence-electron chi connectivity index (χ0n) is 10.4. The lowest BCUT2D eigenvalue weighted by Gasteiger charge is -2.17. The van der Waals surface area contributed by atoms with Crippen molar-refractivity contribution in [2.45, 2.75) is 12.5 Å². The predicted molar refractivity (Wildman–Crippen MR) is 73.1 cm³/mol. The number of pyridine rings is 1. The van der Waals surface area contributed by atoms with Crippen LogP contribution in [0.3, 0.4) is 0 Å². The quantitative estimate of drug-likeness (QED) is 0.883. The standard InChI is InChI=1S/C12H14BrN3O3/c1-16(7-12(17)18)6-9-4-11(15-19-9)10-3-2-8(13)5-14-10/h2-3,5,9H,4,6-7H2,1H3,(H,17,18)/t9-/m0/s1. The van der Waals surface area contributed by atoms with Crippen LogP contribution in [0.1, 0.15) is 12.1 Å². The molecule has 1 aromatic rings. The van der Waals surface area contributed by atoms with E-state index < -0.39 is 5.97 Å². The maximum atomic E-state index is 10.6. The molecule has 0 saturated carbocycles. The van der Waals surface area contributed by atoms with E-state index >= 15 is 0 Å². The molecule has 1 aliphatic heterocycles. The summed E-state index contributed by atoms with van der Waals surface area (Å²) in [4.78, 5) is 21.8. The van der Waals surface area contributed by atoms with Gasteiger partial charge >= 0.3 is 5.97 Å². The normalized spacial score (nSPS) is 18.3. The van der Waals surface area contributed by atoms with Gasteiger partial charge in [0.15, 0.2) is 0 Å². The average Bonchev–Trinajstić information content (AvgIpc) is 2.77. The van der Waals surface area contributed by atoms with Crippen LogP contribution in [0.4, 0.5) is 0 Å². The summed E-state index contributed by atoms with van der Waals surface area (Å²) in [7, 11) is 1.74. The predicted octanol–water partition coefficient (Wildman–Crippen LogP) is 1.35. The van der Waals surface area contributed by atoms with Gasteiger partial charge in [-0.05, 0) is 35.1 Å². The van der Waals surface area contributed by atoms with Gasteiger partial charge in [0.05, 0.1) is 12.2 Å². The summed E-state index contributed by atoms with van der Waals surface area (Å²) in [6, 6.07) is 3.77. The second-order valence-electron chi connectivity index (χ2n) is 4.42. The summed E-state index contributed by atoms with van der Waals surface area (Å²) in [6.07, 6.45) is 2.23. The van der Waals surface area contributed by atoms with Crippen LogP contribution in [0.15, 0.2) is 28.0 Å². The van der Waals surface area contributed by atoms with E-state index in [0.29, 0.717) is 13.0 Å². The van der Waals surface area contributed by atoms with Crippen LogP contribution < -0.4 is 0 Å². The van der Waals surface area contributed by atoms with Crippen LogP contribution in [-0.4, -0.2) is 52.9 Å². The third-order valence-corrected chi connectivity index (χ3v) is 3.15. The van der Waals surface area contributed by atoms with Gasteiger partial charge < -0.3 is 9.94 Å². The first-order valence-electron chi connectivity index (χ1n) is 5.79. The van der Waals surface area contributed by atoms with Crippen LogP contribution in [-0.2, 0) is 9.63 Å². The zero-order valence-corrected chi connectivity index (χ0v) is 12.0. The first kappa shape index (κ1) is 14.0. The number of carboxylic acids is 1. The molecule has 6 nitrogen and oxygen atoms in total. The molecule has 0 spiro atoms. The summed E-state index contributed by atoms with van der Waals surface area (Å²) in [5, 5.41) is 12.7. The van der Waals surface area contributed by atoms with Gasteiger partial charge in [0, 0.05) is 23.6 Å². The molecule has 19 heavy (non-hydrogen) atoms. The molecule has 0 radical (unpaired) electrons. The number of oxime groups is 1. The van der Waals surface area contributed by atoms with E-state index in [-0.39, 0.29) is 12.6 Å². The van der Waals surface area contributed by atoms with Gasteiger partial charge in [-0.25, -0.2) is 0 Å². The Bertz CT molecular complexity index is 489. The number of carboxylic acid groups (broad SMARTS) is 1. The lowest BCUT2D eigenvalue weighted by atomic mass is 10.1. The maximum absolute atomic E-state index is 10.6. The molecule has 0 amide bonds. The van der Waals surface area contributed by atoms with Crippen molar-refractivity contribution < 1.29 is 14.7 Å². The molecule has 2 heterocycles. The number of hydrogen-bond donors (Lipinski definition) is 1. The minimum Gasteiger partial charge on any atom is -0.480 e. The highest BCUT2D eigenvalue weighted by atomic mass is 79.9. The highest BCUT2D eigenvalue weighted by Gasteiger charge is 2.24. The Morgan fingerprint density at radius 2 is 2.42 bits per heavy atom. The largest absolute Gasteiger partial charge is 0.480 e. The molecule has 102 valence electrons. The van der Waals surface area contributed by atoms with Gasteiger partial charge in [0.1, 0.15) is 11.8 Å². The Kier molecular flexibility index (Phi) is 4.49. The summed E-state index contributed by atoms with van der Waals surface area (Å²) in [5.74, 6) is -0.851. The molecule has 1 N–H and O–H groups in total. The molecule has 1 aromatic heterocycles. The van der Waals surface area contributed by atoms with E-state index in [1.165, 1.54) is 0 Å². The van der Waals surface area contributed by atoms with Gasteiger partial charge in [0.25, 0.3) is 0 Å². The number of hydrogen-bond acceptors (Lipinski definition) is 5. The van der Waals surface area contributed by atoms with Crippen molar-refractivity contribution in [2.24, 2.45) is 5.16 Å². The Labute approximate surface area is 119 Å². The monoisotopic (exact) mass is 327 g/mol. The van der Waals surface area contributed by atoms with Crippen molar-refractivity contribution in [1.82, 2.24) is 9.88 Å². The second kappa shape index (κ2) is 6.12. The Morgan fingerprint density at radius 1 is 1.63 bits per heavy atom. The van der Waals surface area contributed by atoms with Crippen molar-refractivity contribution in [3.8, 4) is 0 Å². The molecule has 2 rings (SSSR count). The molecular formula is C12H14BrN3O3. The van der Waals surface area contributed by atoms with Crippen molar-refractivity contribution in [3.63, 3.8) is 0 Å². The van der Waals surface area contributed by atoms with Gasteiger partial charge in [-0.2, -0.15) is 0 Å². The summed E-state index contributed by atoms with van der Waals surface area (Å²) in [5.41, 5.74) is 1.58. The third-order valence-electron chi connectivity index (χ3n) is 2.68. The topological polar surface area (TPSA) is 75.0 Å². The Hall–Kier alpha value is -1.47. The first-order valence-corrected chi connectivity index (χ1v) is 6.59. The molecule has 1 aliphatic rings. The smallest absolute Gasteiger partial charge is 0.317 e. The molecule has 0 bridgehead atoms. The van der Waals surface area contributed by atoms with Crippen molar-refractivity contribution in [3.05, 3.63) is 28.5 Å². The Morgan fingerprint density at radius 3 is 3.05 bits per heavy atom. The van der Waals surface area contributed by atoms with Crippen molar-refractivity contribution in [2.75, 3.05) is 20.1 Å². The van der Waals surface area contributed by atoms with Crippen molar-refractivity contribution >= 4 is 27.6 Å². The highest BCUT2D eigenvalue weighted by molar-refractivity contribution is 9.10. The lowest BCUT2D eigenvalue weighted by molar-refractivity contribution is -0.138. The van der Waals surface area contributed by atoms with E-state index in [0.717, 1.165) is 15.9 Å². The fourth-order valence-electron chi connectivity index (χ4n) is 1.87. The van der Waals surface area contributed by atoms with E-state index in [1.807, 2.05) is 12.1 Å².